The lowest BCUT2D eigenvalue weighted by Crippen LogP contribution is -2.47. The molecule has 0 fully saturated rings. The SMILES string of the molecule is O=[11C](N1CCc2ccccc2C1)N1CCc2ccccc2C1. The number of carbonyl (C=O) groups is 1. The topological polar surface area (TPSA) is 23.6 Å². The minimum absolute atomic E-state index is 0.184. The molecule has 3 heteroatoms. The molecule has 0 aliphatic carbocycles. The van der Waals surface area contributed by atoms with Crippen molar-refractivity contribution in [3.05, 3.63) is 70.8 Å². The van der Waals surface area contributed by atoms with Gasteiger partial charge in [0.25, 0.3) is 0 Å². The Morgan fingerprint density at radius 1 is 0.682 bits per heavy atom. The molecule has 2 aromatic carbocycles. The third-order valence-electron chi connectivity index (χ3n) is 4.80. The van der Waals surface area contributed by atoms with Gasteiger partial charge in [-0.3, -0.25) is 0 Å². The Balaban J connectivity index is 1.50. The lowest BCUT2D eigenvalue weighted by Gasteiger charge is -2.36. The number of carbonyl (C=O) groups excluding carboxylic acids is 1. The highest BCUT2D eigenvalue weighted by Gasteiger charge is 2.27. The van der Waals surface area contributed by atoms with Gasteiger partial charge in [-0.25, -0.2) is 4.79 Å². The molecule has 0 atom stereocenters. The van der Waals surface area contributed by atoms with Gasteiger partial charge in [0.05, 0.1) is 0 Å². The molecule has 0 bridgehead atoms. The van der Waals surface area contributed by atoms with Crippen molar-refractivity contribution in [2.45, 2.75) is 25.9 Å². The summed E-state index contributed by atoms with van der Waals surface area (Å²) in [4.78, 5) is 16.8. The molecular formula is C19H20N2O. The van der Waals surface area contributed by atoms with Crippen molar-refractivity contribution in [1.82, 2.24) is 9.80 Å². The van der Waals surface area contributed by atoms with E-state index in [2.05, 4.69) is 48.5 Å². The van der Waals surface area contributed by atoms with Crippen molar-refractivity contribution < 1.29 is 4.79 Å². The maximum atomic E-state index is 12.8. The molecule has 0 aromatic heterocycles. The zero-order valence-electron chi connectivity index (χ0n) is 12.7. The Morgan fingerprint density at radius 2 is 1.09 bits per heavy atom. The largest absolute Gasteiger partial charge is 0.320 e. The lowest BCUT2D eigenvalue weighted by atomic mass is 9.92. The number of fused-ring (bicyclic) bond motifs is 2. The van der Waals surface area contributed by atoms with Gasteiger partial charge in [0.2, 0.25) is 0 Å². The van der Waals surface area contributed by atoms with Gasteiger partial charge < -0.3 is 9.80 Å². The highest BCUT2D eigenvalue weighted by Crippen LogP contribution is 2.23. The first-order valence-corrected chi connectivity index (χ1v) is 7.99. The Morgan fingerprint density at radius 3 is 1.55 bits per heavy atom. The van der Waals surface area contributed by atoms with E-state index in [-0.39, 0.29) is 6.03 Å². The fourth-order valence-electron chi connectivity index (χ4n) is 3.52. The predicted octanol–water partition coefficient (Wildman–Crippen LogP) is 3.22. The van der Waals surface area contributed by atoms with E-state index in [4.69, 9.17) is 0 Å². The maximum absolute atomic E-state index is 12.8. The van der Waals surface area contributed by atoms with E-state index in [9.17, 15) is 4.79 Å². The van der Waals surface area contributed by atoms with Gasteiger partial charge in [-0.15, -0.1) is 0 Å². The van der Waals surface area contributed by atoms with Gasteiger partial charge in [0.15, 0.2) is 0 Å². The molecular weight excluding hydrogens is 271 g/mol. The van der Waals surface area contributed by atoms with Crippen LogP contribution in [0.3, 0.4) is 0 Å². The highest BCUT2D eigenvalue weighted by atomic mass is 16.1. The van der Waals surface area contributed by atoms with E-state index < -0.39 is 0 Å². The number of hydrogen-bond donors (Lipinski definition) is 0. The number of urea groups is 1. The van der Waals surface area contributed by atoms with Crippen LogP contribution in [0.15, 0.2) is 48.5 Å². The molecule has 0 saturated carbocycles. The fourth-order valence-corrected chi connectivity index (χ4v) is 3.52. The first-order chi connectivity index (χ1) is 10.8. The Labute approximate surface area is 131 Å². The Hall–Kier alpha value is -2.29. The Bertz CT molecular complexity index is 651. The van der Waals surface area contributed by atoms with Crippen LogP contribution in [0.2, 0.25) is 0 Å². The van der Waals surface area contributed by atoms with E-state index in [1.807, 2.05) is 9.80 Å². The second-order valence-electron chi connectivity index (χ2n) is 6.16. The quantitative estimate of drug-likeness (QED) is 0.731. The van der Waals surface area contributed by atoms with Crippen molar-refractivity contribution >= 4 is 6.03 Å². The summed E-state index contributed by atoms with van der Waals surface area (Å²) in [6, 6.07) is 17.1. The predicted molar refractivity (Wildman–Crippen MR) is 86.5 cm³/mol. The number of amides is 2. The van der Waals surface area contributed by atoms with Crippen LogP contribution in [-0.2, 0) is 25.9 Å². The van der Waals surface area contributed by atoms with E-state index in [1.54, 1.807) is 0 Å². The minimum Gasteiger partial charge on any atom is -0.320 e. The van der Waals surface area contributed by atoms with E-state index in [0.29, 0.717) is 0 Å². The summed E-state index contributed by atoms with van der Waals surface area (Å²) in [6.45, 7) is 3.14. The lowest BCUT2D eigenvalue weighted by molar-refractivity contribution is 0.142. The normalized spacial score (nSPS) is 16.9. The monoisotopic (exact) mass is 291 g/mol. The second kappa shape index (κ2) is 5.48. The first-order valence-electron chi connectivity index (χ1n) is 7.99. The smallest absolute Gasteiger partial charge is 0.320 e. The number of nitrogens with zero attached hydrogens (tertiary/aromatic N) is 2. The third-order valence-corrected chi connectivity index (χ3v) is 4.80. The summed E-state index contributed by atoms with van der Waals surface area (Å²) < 4.78 is 0. The standard InChI is InChI=1S/C19H20N2O/c22-19(20-11-9-15-5-1-3-7-17(15)13-20)21-12-10-16-6-2-4-8-18(16)14-21/h1-8H,9-14H2/i19-1. The molecule has 0 spiro atoms. The van der Waals surface area contributed by atoms with Crippen LogP contribution in [0.1, 0.15) is 22.3 Å². The van der Waals surface area contributed by atoms with Crippen LogP contribution >= 0.6 is 0 Å². The summed E-state index contributed by atoms with van der Waals surface area (Å²) in [5, 5.41) is 0. The summed E-state index contributed by atoms with van der Waals surface area (Å²) in [7, 11) is 0. The molecule has 2 aromatic rings. The molecule has 2 heterocycles. The summed E-state index contributed by atoms with van der Waals surface area (Å²) in [5.74, 6) is 0. The molecule has 2 aliphatic rings. The average Bonchev–Trinajstić information content (AvgIpc) is 2.60. The molecule has 22 heavy (non-hydrogen) atoms. The minimum atomic E-state index is 0.184. The van der Waals surface area contributed by atoms with Gasteiger partial charge in [0, 0.05) is 26.2 Å². The van der Waals surface area contributed by atoms with Gasteiger partial charge in [-0.2, -0.15) is 0 Å². The second-order valence-corrected chi connectivity index (χ2v) is 6.16. The van der Waals surface area contributed by atoms with Crippen molar-refractivity contribution in [3.8, 4) is 0 Å². The first kappa shape index (κ1) is 13.4. The number of benzene rings is 2. The molecule has 2 aliphatic heterocycles. The molecule has 0 unspecified atom stereocenters. The fraction of sp³-hybridized carbons (Fsp3) is 0.316. The highest BCUT2D eigenvalue weighted by molar-refractivity contribution is 5.75. The van der Waals surface area contributed by atoms with Gasteiger partial charge >= 0.3 is 6.03 Å². The van der Waals surface area contributed by atoms with Crippen molar-refractivity contribution in [3.63, 3.8) is 0 Å². The zero-order chi connectivity index (χ0) is 14.9. The third kappa shape index (κ3) is 2.37. The van der Waals surface area contributed by atoms with Crippen LogP contribution in [0.25, 0.3) is 0 Å². The molecule has 0 radical (unpaired) electrons. The zero-order valence-corrected chi connectivity index (χ0v) is 12.7. The summed E-state index contributed by atoms with van der Waals surface area (Å²) in [6.07, 6.45) is 1.93. The van der Waals surface area contributed by atoms with Crippen LogP contribution in [0, 0.1) is 0 Å². The van der Waals surface area contributed by atoms with Gasteiger partial charge in [-0.05, 0) is 35.1 Å². The van der Waals surface area contributed by atoms with Crippen LogP contribution < -0.4 is 0 Å². The molecule has 4 rings (SSSR count). The molecule has 0 N–H and O–H groups in total. The molecule has 3 nitrogen and oxygen atoms in total. The average molecular weight is 291 g/mol. The van der Waals surface area contributed by atoms with Crippen LogP contribution in [-0.4, -0.2) is 28.9 Å². The maximum Gasteiger partial charge on any atom is 0.320 e. The number of hydrogen-bond acceptors (Lipinski definition) is 1. The van der Waals surface area contributed by atoms with Gasteiger partial charge in [-0.1, -0.05) is 48.5 Å². The van der Waals surface area contributed by atoms with E-state index in [1.165, 1.54) is 22.3 Å². The van der Waals surface area contributed by atoms with Crippen molar-refractivity contribution in [2.75, 3.05) is 13.1 Å². The van der Waals surface area contributed by atoms with E-state index in [0.717, 1.165) is 39.0 Å². The molecule has 112 valence electrons. The molecule has 0 saturated heterocycles. The van der Waals surface area contributed by atoms with Crippen molar-refractivity contribution in [1.29, 1.82) is 0 Å². The number of rotatable bonds is 0. The van der Waals surface area contributed by atoms with Crippen LogP contribution in [0.4, 0.5) is 4.79 Å². The summed E-state index contributed by atoms with van der Waals surface area (Å²) >= 11 is 0. The molecule has 2 amide bonds. The van der Waals surface area contributed by atoms with Gasteiger partial charge in [0.1, 0.15) is 0 Å². The van der Waals surface area contributed by atoms with Crippen molar-refractivity contribution in [2.24, 2.45) is 0 Å². The summed E-state index contributed by atoms with van der Waals surface area (Å²) in [5.41, 5.74) is 5.35. The van der Waals surface area contributed by atoms with Crippen LogP contribution in [0.5, 0.6) is 0 Å². The Kier molecular flexibility index (Phi) is 3.34. The van der Waals surface area contributed by atoms with E-state index >= 15 is 0 Å².